The van der Waals surface area contributed by atoms with Crippen LogP contribution in [0.1, 0.15) is 92.6 Å². The molecule has 0 bridgehead atoms. The van der Waals surface area contributed by atoms with Crippen molar-refractivity contribution in [2.75, 3.05) is 0 Å². The van der Waals surface area contributed by atoms with Crippen molar-refractivity contribution >= 4 is 38.3 Å². The van der Waals surface area contributed by atoms with E-state index in [0.717, 1.165) is 3.63 Å². The quantitative estimate of drug-likeness (QED) is 0.360. The molecule has 0 saturated carbocycles. The minimum absolute atomic E-state index is 0. The third-order valence-electron chi connectivity index (χ3n) is 6.01. The van der Waals surface area contributed by atoms with Crippen molar-refractivity contribution in [3.05, 3.63) is 61.5 Å². The molecule has 28 heavy (non-hydrogen) atoms. The number of benzene rings is 1. The normalized spacial score (nSPS) is 19.1. The fourth-order valence-electron chi connectivity index (χ4n) is 4.56. The predicted octanol–water partition coefficient (Wildman–Crippen LogP) is 7.59. The summed E-state index contributed by atoms with van der Waals surface area (Å²) in [4.78, 5) is 0. The number of rotatable bonds is 4. The molecule has 0 fully saturated rings. The van der Waals surface area contributed by atoms with Gasteiger partial charge in [0.05, 0.1) is 0 Å². The maximum Gasteiger partial charge on any atom is -0.147 e. The molecule has 0 nitrogen and oxygen atoms in total. The van der Waals surface area contributed by atoms with E-state index in [4.69, 9.17) is 0 Å². The number of hydrogen-bond donors (Lipinski definition) is 0. The second-order valence-electron chi connectivity index (χ2n) is 8.79. The average Bonchev–Trinajstić information content (AvgIpc) is 3.22. The van der Waals surface area contributed by atoms with E-state index in [1.54, 1.807) is 22.3 Å². The van der Waals surface area contributed by atoms with Crippen LogP contribution in [0.3, 0.4) is 0 Å². The first-order valence-corrected chi connectivity index (χ1v) is 23.9. The molecule has 158 valence electrons. The van der Waals surface area contributed by atoms with Crippen molar-refractivity contribution in [2.45, 2.75) is 75.0 Å². The largest absolute Gasteiger partial charge is 0.147 e. The summed E-state index contributed by atoms with van der Waals surface area (Å²) in [6, 6.07) is 5.05. The first kappa shape index (κ1) is 28.1. The van der Waals surface area contributed by atoms with Crippen molar-refractivity contribution in [2.24, 2.45) is 0 Å². The second kappa shape index (κ2) is 11.5. The van der Waals surface area contributed by atoms with E-state index in [0.29, 0.717) is 11.8 Å². The molecule has 0 radical (unpaired) electrons. The molecule has 0 aliphatic heterocycles. The van der Waals surface area contributed by atoms with Gasteiger partial charge in [-0.05, 0) is 0 Å². The third kappa shape index (κ3) is 5.42. The molecule has 0 aromatic heterocycles. The van der Waals surface area contributed by atoms with Gasteiger partial charge in [0, 0.05) is 0 Å². The van der Waals surface area contributed by atoms with Gasteiger partial charge in [0.1, 0.15) is 0 Å². The molecular formula is C24H40Cl2SiZr. The standard InChI is InChI=1S/C16H21.C5H5.C2H6.CH3.2ClH.H3Si.Zr/c1-10(2)13-8-14-6-12(5)7-16(14)15(9-13)11(3)4;1-2-4-5-3-1;1-2;;;;;/h6-11H,1-5H3;1-3H,4H2;1-2H3;1H3;2*1H;1H3;. The van der Waals surface area contributed by atoms with Crippen LogP contribution >= 0.6 is 24.8 Å². The van der Waals surface area contributed by atoms with Gasteiger partial charge in [-0.15, -0.1) is 24.8 Å². The Labute approximate surface area is 193 Å². The van der Waals surface area contributed by atoms with Crippen LogP contribution < -0.4 is 0 Å². The van der Waals surface area contributed by atoms with Gasteiger partial charge in [-0.3, -0.25) is 0 Å². The van der Waals surface area contributed by atoms with Crippen LogP contribution in [0.4, 0.5) is 0 Å². The number of allylic oxidation sites excluding steroid dienone is 5. The Kier molecular flexibility index (Phi) is 11.5. The first-order valence-electron chi connectivity index (χ1n) is 10.5. The summed E-state index contributed by atoms with van der Waals surface area (Å²) >= 11 is -2.27. The monoisotopic (exact) mass is 516 g/mol. The van der Waals surface area contributed by atoms with E-state index in [1.165, 1.54) is 19.4 Å². The van der Waals surface area contributed by atoms with E-state index in [2.05, 4.69) is 75.7 Å². The SMILES string of the molecule is CC.CC1=Cc2c(C(C)C)cc(C(C)C)cc2[CH]1[Zr]([CH3])([SiH3])[C]1=CC=CC1.Cl.Cl. The summed E-state index contributed by atoms with van der Waals surface area (Å²) < 4.78 is 5.31. The molecule has 2 aliphatic rings. The Bertz CT molecular complexity index is 758. The Morgan fingerprint density at radius 1 is 1.04 bits per heavy atom. The molecule has 2 unspecified atom stereocenters. The Morgan fingerprint density at radius 3 is 2.11 bits per heavy atom. The van der Waals surface area contributed by atoms with Crippen LogP contribution in [0.2, 0.25) is 4.63 Å². The fraction of sp³-hybridized carbons (Fsp3) is 0.500. The maximum absolute atomic E-state index is 2.70. The topological polar surface area (TPSA) is 0 Å². The summed E-state index contributed by atoms with van der Waals surface area (Å²) in [6.45, 7) is 15.8. The van der Waals surface area contributed by atoms with Gasteiger partial charge in [0.25, 0.3) is 0 Å². The molecule has 1 aromatic rings. The van der Waals surface area contributed by atoms with Crippen LogP contribution in [0.15, 0.2) is 39.2 Å². The van der Waals surface area contributed by atoms with Gasteiger partial charge in [-0.2, -0.15) is 0 Å². The fourth-order valence-corrected chi connectivity index (χ4v) is 20.6. The summed E-state index contributed by atoms with van der Waals surface area (Å²) in [5.74, 6) is 1.21. The van der Waals surface area contributed by atoms with Crippen molar-refractivity contribution in [3.63, 3.8) is 0 Å². The summed E-state index contributed by atoms with van der Waals surface area (Å²) in [7, 11) is 1.39. The van der Waals surface area contributed by atoms with Crippen molar-refractivity contribution in [1.82, 2.24) is 0 Å². The molecule has 1 aromatic carbocycles. The van der Waals surface area contributed by atoms with Crippen LogP contribution in [0.5, 0.6) is 0 Å². The number of halogens is 2. The van der Waals surface area contributed by atoms with Gasteiger partial charge < -0.3 is 0 Å². The maximum atomic E-state index is 2.70. The molecule has 0 spiro atoms. The first-order chi connectivity index (χ1) is 12.2. The van der Waals surface area contributed by atoms with Crippen LogP contribution in [0.25, 0.3) is 6.08 Å². The molecule has 4 heteroatoms. The molecular weight excluding hydrogens is 478 g/mol. The van der Waals surface area contributed by atoms with Gasteiger partial charge in [0.2, 0.25) is 0 Å². The van der Waals surface area contributed by atoms with E-state index in [-0.39, 0.29) is 24.8 Å². The van der Waals surface area contributed by atoms with Crippen molar-refractivity contribution in [3.8, 4) is 0 Å². The van der Waals surface area contributed by atoms with Crippen LogP contribution in [-0.4, -0.2) is 7.37 Å². The van der Waals surface area contributed by atoms with Crippen molar-refractivity contribution in [1.29, 1.82) is 0 Å². The Hall–Kier alpha value is 0.120. The van der Waals surface area contributed by atoms with E-state index < -0.39 is 19.4 Å². The molecule has 2 atom stereocenters. The Balaban J connectivity index is 0.00000177. The number of hydrogen-bond acceptors (Lipinski definition) is 0. The summed E-state index contributed by atoms with van der Waals surface area (Å²) in [5, 5.41) is 0. The van der Waals surface area contributed by atoms with Crippen molar-refractivity contribution < 1.29 is 19.4 Å². The minimum Gasteiger partial charge on any atom is -0.147 e. The average molecular weight is 519 g/mol. The van der Waals surface area contributed by atoms with Gasteiger partial charge in [0.15, 0.2) is 0 Å². The third-order valence-corrected chi connectivity index (χ3v) is 23.6. The van der Waals surface area contributed by atoms with Gasteiger partial charge in [-0.1, -0.05) is 13.8 Å². The second-order valence-corrected chi connectivity index (χ2v) is 32.5. The van der Waals surface area contributed by atoms with Gasteiger partial charge in [-0.25, -0.2) is 0 Å². The zero-order chi connectivity index (χ0) is 19.6. The Morgan fingerprint density at radius 2 is 1.64 bits per heavy atom. The van der Waals surface area contributed by atoms with E-state index in [9.17, 15) is 0 Å². The number of fused-ring (bicyclic) bond motifs is 1. The van der Waals surface area contributed by atoms with Gasteiger partial charge >= 0.3 is 155 Å². The van der Waals surface area contributed by atoms with E-state index >= 15 is 0 Å². The molecule has 3 rings (SSSR count). The minimum atomic E-state index is -2.27. The molecule has 0 amide bonds. The zero-order valence-corrected chi connectivity index (χ0v) is 25.3. The van der Waals surface area contributed by atoms with Crippen LogP contribution in [-0.2, 0) is 19.4 Å². The summed E-state index contributed by atoms with van der Waals surface area (Å²) in [5.41, 5.74) is 8.01. The molecule has 0 saturated heterocycles. The zero-order valence-electron chi connectivity index (χ0n) is 19.2. The predicted molar refractivity (Wildman–Crippen MR) is 134 cm³/mol. The van der Waals surface area contributed by atoms with E-state index in [1.807, 2.05) is 17.1 Å². The van der Waals surface area contributed by atoms with Crippen LogP contribution in [0, 0.1) is 0 Å². The summed E-state index contributed by atoms with van der Waals surface area (Å²) in [6.07, 6.45) is 10.9. The molecule has 0 heterocycles. The molecule has 2 aliphatic carbocycles. The molecule has 0 N–H and O–H groups in total. The smallest absolute Gasteiger partial charge is 0.147 e.